The molecule has 0 bridgehead atoms. The van der Waals surface area contributed by atoms with Gasteiger partial charge in [-0.25, -0.2) is 0 Å². The molecule has 1 aromatic carbocycles. The zero-order valence-electron chi connectivity index (χ0n) is 15.5. The molecule has 0 spiro atoms. The number of amidine groups is 1. The van der Waals surface area contributed by atoms with Crippen molar-refractivity contribution in [1.29, 1.82) is 0 Å². The van der Waals surface area contributed by atoms with Crippen LogP contribution in [0.1, 0.15) is 51.5 Å². The molecule has 6 nitrogen and oxygen atoms in total. The van der Waals surface area contributed by atoms with Crippen LogP contribution in [0.4, 0.5) is 0 Å². The number of benzene rings is 1. The largest absolute Gasteiger partial charge is 0.493 e. The average Bonchev–Trinajstić information content (AvgIpc) is 3.00. The zero-order valence-corrected chi connectivity index (χ0v) is 15.5. The summed E-state index contributed by atoms with van der Waals surface area (Å²) in [6.07, 6.45) is 8.09. The Labute approximate surface area is 154 Å². The molecule has 0 saturated heterocycles. The molecule has 1 aliphatic heterocycles. The molecule has 1 saturated carbocycles. The van der Waals surface area contributed by atoms with Gasteiger partial charge in [0.2, 0.25) is 5.84 Å². The summed E-state index contributed by atoms with van der Waals surface area (Å²) >= 11 is 0. The van der Waals surface area contributed by atoms with E-state index in [9.17, 15) is 4.79 Å². The first kappa shape index (κ1) is 18.3. The Balaban J connectivity index is 1.56. The van der Waals surface area contributed by atoms with Crippen LogP contribution in [0, 0.1) is 5.92 Å². The molecular formula is C20H26N4O2. The lowest BCUT2D eigenvalue weighted by molar-refractivity contribution is -0.111. The molecule has 1 fully saturated rings. The molecule has 1 amide bonds. The van der Waals surface area contributed by atoms with E-state index >= 15 is 0 Å². The van der Waals surface area contributed by atoms with Crippen LogP contribution < -0.4 is 4.74 Å². The molecule has 138 valence electrons. The van der Waals surface area contributed by atoms with Crippen LogP contribution in [0.25, 0.3) is 0 Å². The van der Waals surface area contributed by atoms with Crippen molar-refractivity contribution in [3.8, 4) is 5.75 Å². The predicted molar refractivity (Wildman–Crippen MR) is 104 cm³/mol. The number of carbonyl (C=O) groups is 1. The third-order valence-corrected chi connectivity index (χ3v) is 4.61. The molecule has 1 heterocycles. The fraction of sp³-hybridized carbons (Fsp3) is 0.500. The monoisotopic (exact) mass is 354 g/mol. The van der Waals surface area contributed by atoms with Crippen molar-refractivity contribution >= 4 is 23.8 Å². The molecule has 0 aromatic heterocycles. The van der Waals surface area contributed by atoms with Crippen molar-refractivity contribution in [1.82, 2.24) is 4.90 Å². The summed E-state index contributed by atoms with van der Waals surface area (Å²) in [5.41, 5.74) is 1.85. The zero-order chi connectivity index (χ0) is 18.4. The van der Waals surface area contributed by atoms with Crippen LogP contribution >= 0.6 is 0 Å². The van der Waals surface area contributed by atoms with E-state index in [1.807, 2.05) is 38.1 Å². The van der Waals surface area contributed by atoms with Gasteiger partial charge in [0.05, 0.1) is 13.2 Å². The highest BCUT2D eigenvalue weighted by atomic mass is 16.5. The van der Waals surface area contributed by atoms with E-state index in [1.54, 1.807) is 4.90 Å². The van der Waals surface area contributed by atoms with Gasteiger partial charge in [0.25, 0.3) is 0 Å². The fourth-order valence-corrected chi connectivity index (χ4v) is 3.18. The maximum absolute atomic E-state index is 11.8. The van der Waals surface area contributed by atoms with Gasteiger partial charge in [-0.05, 0) is 50.3 Å². The smallest absolute Gasteiger partial charge is 0.316 e. The number of rotatable bonds is 6. The minimum absolute atomic E-state index is 0.254. The number of amides is 1. The SMILES string of the molecule is CC(C)=N/N=C1/C(=O)N=CN1Cc1ccc(OCC2CCCCC2)cc1. The van der Waals surface area contributed by atoms with E-state index in [-0.39, 0.29) is 11.7 Å². The van der Waals surface area contributed by atoms with Gasteiger partial charge in [-0.2, -0.15) is 10.1 Å². The second-order valence-corrected chi connectivity index (χ2v) is 7.11. The number of ether oxygens (including phenoxy) is 1. The number of nitrogens with zero attached hydrogens (tertiary/aromatic N) is 4. The molecular weight excluding hydrogens is 328 g/mol. The lowest BCUT2D eigenvalue weighted by Gasteiger charge is -2.21. The minimum atomic E-state index is -0.359. The lowest BCUT2D eigenvalue weighted by Crippen LogP contribution is -2.28. The minimum Gasteiger partial charge on any atom is -0.493 e. The summed E-state index contributed by atoms with van der Waals surface area (Å²) in [5.74, 6) is 1.48. The molecule has 2 aliphatic rings. The summed E-state index contributed by atoms with van der Waals surface area (Å²) in [6, 6.07) is 7.99. The summed E-state index contributed by atoms with van der Waals surface area (Å²) in [7, 11) is 0. The fourth-order valence-electron chi connectivity index (χ4n) is 3.18. The molecule has 1 aromatic rings. The van der Waals surface area contributed by atoms with Crippen LogP contribution in [-0.4, -0.2) is 35.3 Å². The topological polar surface area (TPSA) is 66.6 Å². The van der Waals surface area contributed by atoms with Gasteiger partial charge in [0, 0.05) is 5.71 Å². The molecule has 6 heteroatoms. The average molecular weight is 354 g/mol. The van der Waals surface area contributed by atoms with E-state index in [4.69, 9.17) is 4.74 Å². The van der Waals surface area contributed by atoms with Gasteiger partial charge in [0.1, 0.15) is 12.1 Å². The van der Waals surface area contributed by atoms with Crippen LogP contribution in [-0.2, 0) is 11.3 Å². The summed E-state index contributed by atoms with van der Waals surface area (Å²) in [6.45, 7) is 4.99. The molecule has 1 aliphatic carbocycles. The molecule has 0 N–H and O–H groups in total. The second kappa shape index (κ2) is 8.74. The standard InChI is InChI=1S/C20H26N4O2/c1-15(2)22-23-19-20(25)21-14-24(19)12-16-8-10-18(11-9-16)26-13-17-6-4-3-5-7-17/h8-11,14,17H,3-7,12-13H2,1-2H3/b23-19-. The van der Waals surface area contributed by atoms with Crippen LogP contribution in [0.3, 0.4) is 0 Å². The van der Waals surface area contributed by atoms with Gasteiger partial charge in [-0.1, -0.05) is 31.4 Å². The Hall–Kier alpha value is -2.50. The second-order valence-electron chi connectivity index (χ2n) is 7.11. The molecule has 0 radical (unpaired) electrons. The molecule has 0 atom stereocenters. The maximum atomic E-state index is 11.8. The third kappa shape index (κ3) is 5.00. The van der Waals surface area contributed by atoms with Crippen LogP contribution in [0.2, 0.25) is 0 Å². The quantitative estimate of drug-likeness (QED) is 0.576. The molecule has 26 heavy (non-hydrogen) atoms. The van der Waals surface area contributed by atoms with Crippen molar-refractivity contribution in [2.24, 2.45) is 21.1 Å². The van der Waals surface area contributed by atoms with Crippen molar-refractivity contribution in [3.05, 3.63) is 29.8 Å². The van der Waals surface area contributed by atoms with Crippen molar-refractivity contribution in [2.45, 2.75) is 52.5 Å². The predicted octanol–water partition coefficient (Wildman–Crippen LogP) is 3.81. The molecule has 0 unspecified atom stereocenters. The van der Waals surface area contributed by atoms with Gasteiger partial charge in [-0.3, -0.25) is 4.79 Å². The first-order valence-corrected chi connectivity index (χ1v) is 9.27. The van der Waals surface area contributed by atoms with Crippen LogP contribution in [0.5, 0.6) is 5.75 Å². The van der Waals surface area contributed by atoms with Gasteiger partial charge < -0.3 is 9.64 Å². The summed E-state index contributed by atoms with van der Waals surface area (Å²) in [4.78, 5) is 17.3. The van der Waals surface area contributed by atoms with Gasteiger partial charge in [-0.15, -0.1) is 5.10 Å². The van der Waals surface area contributed by atoms with Crippen molar-refractivity contribution in [2.75, 3.05) is 6.61 Å². The van der Waals surface area contributed by atoms with Gasteiger partial charge in [0.15, 0.2) is 0 Å². The van der Waals surface area contributed by atoms with Gasteiger partial charge >= 0.3 is 5.91 Å². The Kier molecular flexibility index (Phi) is 6.15. The first-order chi connectivity index (χ1) is 12.6. The number of aliphatic imine (C=N–C) groups is 1. The molecule has 3 rings (SSSR count). The highest BCUT2D eigenvalue weighted by Crippen LogP contribution is 2.24. The Bertz CT molecular complexity index is 712. The lowest BCUT2D eigenvalue weighted by atomic mass is 9.90. The normalized spacial score (nSPS) is 19.2. The van der Waals surface area contributed by atoms with E-state index in [0.29, 0.717) is 12.5 Å². The van der Waals surface area contributed by atoms with Crippen molar-refractivity contribution < 1.29 is 9.53 Å². The third-order valence-electron chi connectivity index (χ3n) is 4.61. The van der Waals surface area contributed by atoms with Crippen LogP contribution in [0.15, 0.2) is 39.5 Å². The number of carbonyl (C=O) groups excluding carboxylic acids is 1. The first-order valence-electron chi connectivity index (χ1n) is 9.27. The van der Waals surface area contributed by atoms with E-state index in [1.165, 1.54) is 38.4 Å². The number of hydrogen-bond acceptors (Lipinski definition) is 4. The Morgan fingerprint density at radius 3 is 2.62 bits per heavy atom. The summed E-state index contributed by atoms with van der Waals surface area (Å²) in [5, 5.41) is 7.99. The summed E-state index contributed by atoms with van der Waals surface area (Å²) < 4.78 is 5.94. The highest BCUT2D eigenvalue weighted by molar-refractivity contribution is 6.44. The Morgan fingerprint density at radius 2 is 1.92 bits per heavy atom. The maximum Gasteiger partial charge on any atom is 0.316 e. The highest BCUT2D eigenvalue weighted by Gasteiger charge is 2.24. The van der Waals surface area contributed by atoms with E-state index in [2.05, 4.69) is 15.2 Å². The van der Waals surface area contributed by atoms with E-state index in [0.717, 1.165) is 23.6 Å². The Morgan fingerprint density at radius 1 is 1.19 bits per heavy atom. The number of hydrogen-bond donors (Lipinski definition) is 0. The van der Waals surface area contributed by atoms with Crippen molar-refractivity contribution in [3.63, 3.8) is 0 Å². The van der Waals surface area contributed by atoms with E-state index < -0.39 is 0 Å².